The third-order valence-electron chi connectivity index (χ3n) is 6.48. The highest BCUT2D eigenvalue weighted by Gasteiger charge is 2.26. The largest absolute Gasteiger partial charge is 0.481 e. The Hall–Kier alpha value is -3.62. The van der Waals surface area contributed by atoms with Gasteiger partial charge in [0, 0.05) is 24.2 Å². The zero-order valence-corrected chi connectivity index (χ0v) is 17.9. The van der Waals surface area contributed by atoms with Crippen molar-refractivity contribution in [2.45, 2.75) is 38.5 Å². The molecule has 0 spiro atoms. The number of hydrogen-bond donors (Lipinski definition) is 5. The number of amides is 1. The molecule has 6 N–H and O–H groups in total. The van der Waals surface area contributed by atoms with Gasteiger partial charge in [0.25, 0.3) is 11.5 Å². The molecule has 168 valence electrons. The van der Waals surface area contributed by atoms with Gasteiger partial charge in [-0.25, -0.2) is 0 Å². The summed E-state index contributed by atoms with van der Waals surface area (Å²) in [6.45, 7) is 2.54. The fraction of sp³-hybridized carbons (Fsp3) is 0.391. The quantitative estimate of drug-likeness (QED) is 0.399. The second-order valence-corrected chi connectivity index (χ2v) is 8.53. The lowest BCUT2D eigenvalue weighted by Crippen LogP contribution is -2.32. The van der Waals surface area contributed by atoms with Crippen LogP contribution in [0.2, 0.25) is 0 Å². The first-order chi connectivity index (χ1) is 15.3. The van der Waals surface area contributed by atoms with Crippen molar-refractivity contribution in [3.63, 3.8) is 0 Å². The number of anilines is 1. The highest BCUT2D eigenvalue weighted by atomic mass is 16.4. The van der Waals surface area contributed by atoms with Crippen molar-refractivity contribution in [2.24, 2.45) is 11.8 Å². The highest BCUT2D eigenvalue weighted by molar-refractivity contribution is 5.94. The zero-order chi connectivity index (χ0) is 22.8. The topological polar surface area (TPSA) is 154 Å². The Kier molecular flexibility index (Phi) is 5.98. The molecule has 0 bridgehead atoms. The van der Waals surface area contributed by atoms with E-state index in [0.29, 0.717) is 41.9 Å². The number of nitrogen functional groups attached to an aromatic ring is 1. The molecule has 1 aliphatic carbocycles. The molecule has 2 aromatic heterocycles. The van der Waals surface area contributed by atoms with Gasteiger partial charge in [0.1, 0.15) is 5.65 Å². The average molecular weight is 438 g/mol. The summed E-state index contributed by atoms with van der Waals surface area (Å²) in [5.74, 6) is -0.827. The minimum absolute atomic E-state index is 0.0637. The maximum atomic E-state index is 12.5. The Balaban J connectivity index is 1.39. The summed E-state index contributed by atoms with van der Waals surface area (Å²) >= 11 is 0. The maximum absolute atomic E-state index is 12.5. The van der Waals surface area contributed by atoms with Crippen molar-refractivity contribution in [3.8, 4) is 0 Å². The molecule has 2 heterocycles. The average Bonchev–Trinajstić information content (AvgIpc) is 3.21. The Morgan fingerprint density at radius 1 is 1.22 bits per heavy atom. The molecule has 9 heteroatoms. The number of carbonyl (C=O) groups excluding carboxylic acids is 1. The molecule has 32 heavy (non-hydrogen) atoms. The van der Waals surface area contributed by atoms with E-state index in [1.165, 1.54) is 0 Å². The van der Waals surface area contributed by atoms with Crippen molar-refractivity contribution in [2.75, 3.05) is 12.3 Å². The van der Waals surface area contributed by atoms with E-state index < -0.39 is 5.97 Å². The van der Waals surface area contributed by atoms with E-state index in [1.807, 2.05) is 19.1 Å². The fourth-order valence-electron chi connectivity index (χ4n) is 4.48. The number of rotatable bonds is 6. The van der Waals surface area contributed by atoms with E-state index in [0.717, 1.165) is 24.0 Å². The molecule has 1 fully saturated rings. The van der Waals surface area contributed by atoms with Crippen LogP contribution in [0.25, 0.3) is 11.0 Å². The smallest absolute Gasteiger partial charge is 0.306 e. The van der Waals surface area contributed by atoms with E-state index in [-0.39, 0.29) is 29.3 Å². The number of hydrogen-bond acceptors (Lipinski definition) is 5. The number of carboxylic acid groups (broad SMARTS) is 1. The van der Waals surface area contributed by atoms with E-state index >= 15 is 0 Å². The van der Waals surface area contributed by atoms with Crippen LogP contribution in [0, 0.1) is 11.8 Å². The normalized spacial score (nSPS) is 19.5. The van der Waals surface area contributed by atoms with Crippen molar-refractivity contribution in [1.29, 1.82) is 0 Å². The number of nitrogens with zero attached hydrogens (tertiary/aromatic N) is 1. The lowest BCUT2D eigenvalue weighted by molar-refractivity contribution is -0.143. The van der Waals surface area contributed by atoms with Crippen LogP contribution in [0.4, 0.5) is 5.95 Å². The molecular weight excluding hydrogens is 410 g/mol. The summed E-state index contributed by atoms with van der Waals surface area (Å²) in [4.78, 5) is 45.6. The molecule has 1 amide bonds. The van der Waals surface area contributed by atoms with Crippen LogP contribution in [0.15, 0.2) is 35.3 Å². The molecule has 1 atom stereocenters. The zero-order valence-electron chi connectivity index (χ0n) is 17.9. The molecule has 3 aromatic rings. The van der Waals surface area contributed by atoms with Crippen molar-refractivity contribution in [1.82, 2.24) is 20.3 Å². The molecule has 1 saturated carbocycles. The van der Waals surface area contributed by atoms with E-state index in [2.05, 4.69) is 20.3 Å². The van der Waals surface area contributed by atoms with Gasteiger partial charge in [-0.1, -0.05) is 19.1 Å². The summed E-state index contributed by atoms with van der Waals surface area (Å²) in [6, 6.07) is 7.32. The first-order valence-electron chi connectivity index (χ1n) is 10.8. The number of H-pyrrole nitrogens is 2. The summed E-state index contributed by atoms with van der Waals surface area (Å²) in [7, 11) is 0. The fourth-order valence-corrected chi connectivity index (χ4v) is 4.48. The third-order valence-corrected chi connectivity index (χ3v) is 6.48. The Morgan fingerprint density at radius 2 is 1.91 bits per heavy atom. The predicted octanol–water partition coefficient (Wildman–Crippen LogP) is 2.61. The van der Waals surface area contributed by atoms with E-state index in [4.69, 9.17) is 10.8 Å². The lowest BCUT2D eigenvalue weighted by Gasteiger charge is -2.26. The Labute approximate surface area is 184 Å². The number of aromatic nitrogens is 3. The number of aromatic amines is 2. The molecule has 4 rings (SSSR count). The SMILES string of the molecule is CC(c1ccc(C(=O)NCC2CCC(C(=O)O)CC2)cc1)c1c[nH]c2nc(N)[nH]c(=O)c12. The Morgan fingerprint density at radius 3 is 2.56 bits per heavy atom. The van der Waals surface area contributed by atoms with E-state index in [9.17, 15) is 14.4 Å². The van der Waals surface area contributed by atoms with Crippen LogP contribution in [-0.2, 0) is 4.79 Å². The minimum atomic E-state index is -0.723. The van der Waals surface area contributed by atoms with Crippen LogP contribution < -0.4 is 16.6 Å². The monoisotopic (exact) mass is 437 g/mol. The summed E-state index contributed by atoms with van der Waals surface area (Å²) in [5, 5.41) is 12.5. The van der Waals surface area contributed by atoms with Gasteiger partial charge in [-0.05, 0) is 54.9 Å². The molecule has 0 saturated heterocycles. The first kappa shape index (κ1) is 21.6. The van der Waals surface area contributed by atoms with Gasteiger partial charge in [-0.2, -0.15) is 4.98 Å². The van der Waals surface area contributed by atoms with Gasteiger partial charge in [0.15, 0.2) is 0 Å². The van der Waals surface area contributed by atoms with Crippen LogP contribution in [0.5, 0.6) is 0 Å². The van der Waals surface area contributed by atoms with Crippen LogP contribution in [0.1, 0.15) is 60.0 Å². The van der Waals surface area contributed by atoms with Gasteiger partial charge in [-0.3, -0.25) is 19.4 Å². The van der Waals surface area contributed by atoms with E-state index in [1.54, 1.807) is 18.3 Å². The third kappa shape index (κ3) is 4.37. The maximum Gasteiger partial charge on any atom is 0.306 e. The number of carboxylic acids is 1. The summed E-state index contributed by atoms with van der Waals surface area (Å²) < 4.78 is 0. The van der Waals surface area contributed by atoms with Crippen molar-refractivity contribution >= 4 is 28.9 Å². The highest BCUT2D eigenvalue weighted by Crippen LogP contribution is 2.29. The summed E-state index contributed by atoms with van der Waals surface area (Å²) in [6.07, 6.45) is 4.73. The number of nitrogens with one attached hydrogen (secondary N) is 3. The summed E-state index contributed by atoms with van der Waals surface area (Å²) in [5.41, 5.74) is 8.10. The second-order valence-electron chi connectivity index (χ2n) is 8.53. The van der Waals surface area contributed by atoms with Crippen molar-refractivity contribution < 1.29 is 14.7 Å². The molecule has 1 aromatic carbocycles. The standard InChI is InChI=1S/C23H27N5O4/c1-12(17-11-25-19-18(17)21(30)28-23(24)27-19)14-6-8-15(9-7-14)20(29)26-10-13-2-4-16(5-3-13)22(31)32/h6-9,11-13,16H,2-5,10H2,1H3,(H,26,29)(H,31,32)(H4,24,25,27,28,30). The molecule has 0 aliphatic heterocycles. The molecule has 1 unspecified atom stereocenters. The van der Waals surface area contributed by atoms with Gasteiger partial charge in [0.05, 0.1) is 11.3 Å². The van der Waals surface area contributed by atoms with Crippen LogP contribution in [-0.4, -0.2) is 38.5 Å². The molecule has 9 nitrogen and oxygen atoms in total. The number of nitrogens with two attached hydrogens (primary N) is 1. The number of carbonyl (C=O) groups is 2. The minimum Gasteiger partial charge on any atom is -0.481 e. The number of benzene rings is 1. The van der Waals surface area contributed by atoms with Crippen LogP contribution >= 0.6 is 0 Å². The number of fused-ring (bicyclic) bond motifs is 1. The lowest BCUT2D eigenvalue weighted by atomic mass is 9.82. The van der Waals surface area contributed by atoms with Gasteiger partial charge in [0.2, 0.25) is 5.95 Å². The predicted molar refractivity (Wildman–Crippen MR) is 121 cm³/mol. The van der Waals surface area contributed by atoms with Gasteiger partial charge in [-0.15, -0.1) is 0 Å². The van der Waals surface area contributed by atoms with Crippen molar-refractivity contribution in [3.05, 3.63) is 57.5 Å². The van der Waals surface area contributed by atoms with Gasteiger partial charge < -0.3 is 21.1 Å². The van der Waals surface area contributed by atoms with Crippen LogP contribution in [0.3, 0.4) is 0 Å². The Bertz CT molecular complexity index is 1190. The molecular formula is C23H27N5O4. The van der Waals surface area contributed by atoms with Gasteiger partial charge >= 0.3 is 5.97 Å². The molecule has 1 aliphatic rings. The second kappa shape index (κ2) is 8.86. The molecule has 0 radical (unpaired) electrons. The first-order valence-corrected chi connectivity index (χ1v) is 10.8. The number of aliphatic carboxylic acids is 1.